The van der Waals surface area contributed by atoms with Gasteiger partial charge in [-0.15, -0.1) is 0 Å². The molecule has 1 fully saturated rings. The number of halogens is 1. The van der Waals surface area contributed by atoms with Gasteiger partial charge in [0.1, 0.15) is 0 Å². The molecular formula is C15H26ClN3O. The fourth-order valence-corrected chi connectivity index (χ4v) is 3.26. The lowest BCUT2D eigenvalue weighted by atomic mass is 9.75. The number of hydrogen-bond acceptors (Lipinski definition) is 3. The molecule has 1 aliphatic rings. The summed E-state index contributed by atoms with van der Waals surface area (Å²) in [5, 5.41) is 8.74. The van der Waals surface area contributed by atoms with Gasteiger partial charge < -0.3 is 10.1 Å². The third-order valence-corrected chi connectivity index (χ3v) is 4.67. The summed E-state index contributed by atoms with van der Waals surface area (Å²) in [6, 6.07) is 0.213. The van der Waals surface area contributed by atoms with E-state index in [2.05, 4.69) is 24.3 Å². The second-order valence-corrected chi connectivity index (χ2v) is 6.05. The lowest BCUT2D eigenvalue weighted by Gasteiger charge is -2.43. The molecule has 20 heavy (non-hydrogen) atoms. The van der Waals surface area contributed by atoms with Gasteiger partial charge in [0.2, 0.25) is 0 Å². The first-order valence-corrected chi connectivity index (χ1v) is 8.03. The van der Waals surface area contributed by atoms with Gasteiger partial charge in [-0.1, -0.05) is 18.5 Å². The van der Waals surface area contributed by atoms with Gasteiger partial charge in [0.25, 0.3) is 0 Å². The highest BCUT2D eigenvalue weighted by Gasteiger charge is 2.40. The molecule has 0 amide bonds. The average Bonchev–Trinajstić information content (AvgIpc) is 2.79. The number of aryl methyl sites for hydroxylation is 1. The van der Waals surface area contributed by atoms with Gasteiger partial charge >= 0.3 is 0 Å². The molecule has 0 aromatic carbocycles. The molecule has 1 aliphatic carbocycles. The maximum absolute atomic E-state index is 6.37. The zero-order valence-electron chi connectivity index (χ0n) is 12.8. The third-order valence-electron chi connectivity index (χ3n) is 4.38. The summed E-state index contributed by atoms with van der Waals surface area (Å²) in [5.41, 5.74) is 1.13. The largest absolute Gasteiger partial charge is 0.378 e. The van der Waals surface area contributed by atoms with Gasteiger partial charge in [0.05, 0.1) is 28.6 Å². The van der Waals surface area contributed by atoms with Crippen LogP contribution in [-0.2, 0) is 11.3 Å². The van der Waals surface area contributed by atoms with Crippen LogP contribution < -0.4 is 5.32 Å². The summed E-state index contributed by atoms with van der Waals surface area (Å²) in [6.07, 6.45) is 7.37. The fraction of sp³-hybridized carbons (Fsp3) is 0.800. The Bertz CT molecular complexity index is 423. The highest BCUT2D eigenvalue weighted by molar-refractivity contribution is 6.31. The zero-order chi connectivity index (χ0) is 14.6. The average molecular weight is 300 g/mol. The number of methoxy groups -OCH3 is 1. The first kappa shape index (κ1) is 15.8. The molecule has 0 radical (unpaired) electrons. The minimum Gasteiger partial charge on any atom is -0.378 e. The molecule has 114 valence electrons. The van der Waals surface area contributed by atoms with Crippen molar-refractivity contribution in [3.63, 3.8) is 0 Å². The van der Waals surface area contributed by atoms with E-state index < -0.39 is 0 Å². The Hall–Kier alpha value is -0.580. The smallest absolute Gasteiger partial charge is 0.0834 e. The minimum absolute atomic E-state index is 0.0254. The molecular weight excluding hydrogens is 274 g/mol. The summed E-state index contributed by atoms with van der Waals surface area (Å²) >= 11 is 6.37. The number of nitrogens with zero attached hydrogens (tertiary/aromatic N) is 2. The van der Waals surface area contributed by atoms with E-state index in [0.29, 0.717) is 0 Å². The van der Waals surface area contributed by atoms with Crippen molar-refractivity contribution in [2.24, 2.45) is 0 Å². The Morgan fingerprint density at radius 2 is 2.25 bits per heavy atom. The Morgan fingerprint density at radius 3 is 2.75 bits per heavy atom. The van der Waals surface area contributed by atoms with Crippen molar-refractivity contribution in [3.8, 4) is 0 Å². The van der Waals surface area contributed by atoms with E-state index >= 15 is 0 Å². The molecule has 0 saturated heterocycles. The number of hydrogen-bond donors (Lipinski definition) is 1. The van der Waals surface area contributed by atoms with Crippen molar-refractivity contribution in [1.29, 1.82) is 0 Å². The third kappa shape index (κ3) is 3.18. The minimum atomic E-state index is 0.0254. The van der Waals surface area contributed by atoms with Crippen LogP contribution in [0, 0.1) is 0 Å². The van der Waals surface area contributed by atoms with Crippen LogP contribution in [0.25, 0.3) is 0 Å². The lowest BCUT2D eigenvalue weighted by Crippen LogP contribution is -2.43. The van der Waals surface area contributed by atoms with Gasteiger partial charge in [-0.3, -0.25) is 4.68 Å². The number of rotatable bonds is 8. The van der Waals surface area contributed by atoms with Crippen molar-refractivity contribution in [2.45, 2.75) is 64.1 Å². The molecule has 1 aromatic heterocycles. The maximum Gasteiger partial charge on any atom is 0.0834 e. The van der Waals surface area contributed by atoms with Gasteiger partial charge in [-0.05, 0) is 45.6 Å². The van der Waals surface area contributed by atoms with E-state index in [1.807, 2.05) is 11.8 Å². The first-order valence-electron chi connectivity index (χ1n) is 7.65. The topological polar surface area (TPSA) is 39.1 Å². The maximum atomic E-state index is 6.37. The van der Waals surface area contributed by atoms with Crippen molar-refractivity contribution in [3.05, 3.63) is 16.9 Å². The highest BCUT2D eigenvalue weighted by Crippen LogP contribution is 2.42. The molecule has 2 rings (SSSR count). The van der Waals surface area contributed by atoms with Crippen molar-refractivity contribution in [2.75, 3.05) is 13.7 Å². The second kappa shape index (κ2) is 6.92. The van der Waals surface area contributed by atoms with Gasteiger partial charge in [0.15, 0.2) is 0 Å². The normalized spacial score (nSPS) is 18.8. The van der Waals surface area contributed by atoms with E-state index in [1.165, 1.54) is 6.42 Å². The van der Waals surface area contributed by atoms with E-state index in [0.717, 1.165) is 49.5 Å². The van der Waals surface area contributed by atoms with Gasteiger partial charge in [0, 0.05) is 13.7 Å². The summed E-state index contributed by atoms with van der Waals surface area (Å²) in [7, 11) is 1.83. The zero-order valence-corrected chi connectivity index (χ0v) is 13.5. The van der Waals surface area contributed by atoms with Crippen LogP contribution in [0.2, 0.25) is 5.02 Å². The van der Waals surface area contributed by atoms with E-state index in [4.69, 9.17) is 16.3 Å². The Kier molecular flexibility index (Phi) is 5.47. The quantitative estimate of drug-likeness (QED) is 0.798. The Balaban J connectivity index is 2.20. The Morgan fingerprint density at radius 1 is 1.50 bits per heavy atom. The number of ether oxygens (including phenoxy) is 1. The highest BCUT2D eigenvalue weighted by atomic mass is 35.5. The molecule has 4 nitrogen and oxygen atoms in total. The predicted molar refractivity (Wildman–Crippen MR) is 82.2 cm³/mol. The molecule has 0 bridgehead atoms. The van der Waals surface area contributed by atoms with Gasteiger partial charge in [-0.25, -0.2) is 0 Å². The summed E-state index contributed by atoms with van der Waals surface area (Å²) in [5.74, 6) is 0. The van der Waals surface area contributed by atoms with E-state index in [1.54, 1.807) is 6.20 Å². The molecule has 1 aromatic rings. The fourth-order valence-electron chi connectivity index (χ4n) is 2.99. The van der Waals surface area contributed by atoms with Crippen LogP contribution in [0.15, 0.2) is 6.20 Å². The molecule has 1 heterocycles. The van der Waals surface area contributed by atoms with Gasteiger partial charge in [-0.2, -0.15) is 5.10 Å². The summed E-state index contributed by atoms with van der Waals surface area (Å²) < 4.78 is 7.78. The number of aromatic nitrogens is 2. The van der Waals surface area contributed by atoms with Crippen LogP contribution in [-0.4, -0.2) is 29.0 Å². The van der Waals surface area contributed by atoms with Crippen LogP contribution >= 0.6 is 11.6 Å². The van der Waals surface area contributed by atoms with E-state index in [9.17, 15) is 0 Å². The molecule has 0 aliphatic heterocycles. The first-order chi connectivity index (χ1) is 9.65. The van der Waals surface area contributed by atoms with Crippen LogP contribution in [0.5, 0.6) is 0 Å². The molecule has 1 N–H and O–H groups in total. The Labute approximate surface area is 126 Å². The molecule has 1 atom stereocenters. The van der Waals surface area contributed by atoms with Crippen molar-refractivity contribution < 1.29 is 4.74 Å². The second-order valence-electron chi connectivity index (χ2n) is 5.65. The summed E-state index contributed by atoms with van der Waals surface area (Å²) in [4.78, 5) is 0. The SMILES string of the molecule is CCCNC(CC1(OC)CCC1)c1c(Cl)cnn1CC. The van der Waals surface area contributed by atoms with Crippen LogP contribution in [0.4, 0.5) is 0 Å². The standard InChI is InChI=1S/C15H26ClN3O/c1-4-9-17-13(10-15(20-3)7-6-8-15)14-12(16)11-18-19(14)5-2/h11,13,17H,4-10H2,1-3H3. The van der Waals surface area contributed by atoms with Crippen LogP contribution in [0.1, 0.15) is 57.7 Å². The lowest BCUT2D eigenvalue weighted by molar-refractivity contribution is -0.0842. The number of nitrogens with one attached hydrogen (secondary N) is 1. The molecule has 5 heteroatoms. The van der Waals surface area contributed by atoms with Crippen LogP contribution in [0.3, 0.4) is 0 Å². The van der Waals surface area contributed by atoms with Crippen molar-refractivity contribution in [1.82, 2.24) is 15.1 Å². The monoisotopic (exact) mass is 299 g/mol. The van der Waals surface area contributed by atoms with Crippen molar-refractivity contribution >= 4 is 11.6 Å². The predicted octanol–water partition coefficient (Wildman–Crippen LogP) is 3.56. The molecule has 0 spiro atoms. The van der Waals surface area contributed by atoms with E-state index in [-0.39, 0.29) is 11.6 Å². The molecule has 1 saturated carbocycles. The molecule has 1 unspecified atom stereocenters. The summed E-state index contributed by atoms with van der Waals surface area (Å²) in [6.45, 7) is 6.10.